The molecule has 0 saturated carbocycles. The fourth-order valence-corrected chi connectivity index (χ4v) is 6.14. The van der Waals surface area contributed by atoms with Gasteiger partial charge in [-0.3, -0.25) is 0 Å². The SMILES string of the molecule is Cc1cc(C)c(-c2c3ccc(C)cc3c(-c3c(C)cc(C)cc3C)c3ccc(C)cc23)c(C)c1. The molecule has 0 aliphatic carbocycles. The molecule has 0 N–H and O–H groups in total. The van der Waals surface area contributed by atoms with Gasteiger partial charge >= 0.3 is 0 Å². The minimum atomic E-state index is 1.30. The van der Waals surface area contributed by atoms with Crippen LogP contribution in [0.15, 0.2) is 60.7 Å². The van der Waals surface area contributed by atoms with Crippen molar-refractivity contribution in [2.45, 2.75) is 55.4 Å². The molecule has 0 spiro atoms. The van der Waals surface area contributed by atoms with Crippen LogP contribution in [-0.4, -0.2) is 0 Å². The van der Waals surface area contributed by atoms with Gasteiger partial charge in [-0.15, -0.1) is 0 Å². The van der Waals surface area contributed by atoms with Crippen LogP contribution in [0.1, 0.15) is 44.5 Å². The van der Waals surface area contributed by atoms with Crippen molar-refractivity contribution < 1.29 is 0 Å². The molecule has 0 unspecified atom stereocenters. The van der Waals surface area contributed by atoms with E-state index in [9.17, 15) is 0 Å². The van der Waals surface area contributed by atoms with Crippen LogP contribution in [0.2, 0.25) is 0 Å². The average Bonchev–Trinajstić information content (AvgIpc) is 2.73. The summed E-state index contributed by atoms with van der Waals surface area (Å²) in [6.45, 7) is 17.9. The molecule has 5 rings (SSSR count). The first-order valence-corrected chi connectivity index (χ1v) is 12.3. The summed E-state index contributed by atoms with van der Waals surface area (Å²) in [7, 11) is 0. The first-order valence-electron chi connectivity index (χ1n) is 12.3. The Bertz CT molecular complexity index is 1440. The summed E-state index contributed by atoms with van der Waals surface area (Å²) >= 11 is 0. The van der Waals surface area contributed by atoms with Gasteiger partial charge in [0.25, 0.3) is 0 Å². The Morgan fingerprint density at radius 2 is 0.618 bits per heavy atom. The van der Waals surface area contributed by atoms with Crippen LogP contribution < -0.4 is 0 Å². The lowest BCUT2D eigenvalue weighted by molar-refractivity contribution is 1.32. The molecule has 170 valence electrons. The van der Waals surface area contributed by atoms with Crippen LogP contribution in [0.5, 0.6) is 0 Å². The third kappa shape index (κ3) is 3.53. The molecule has 0 nitrogen and oxygen atoms in total. The second-order valence-corrected chi connectivity index (χ2v) is 10.4. The number of rotatable bonds is 2. The standard InChI is InChI=1S/C34H34/c1-19-9-11-27-29(17-19)33(31-23(5)13-21(3)14-24(31)6)28-12-10-20(2)18-30(28)34(27)32-25(7)15-22(4)16-26(32)8/h9-18H,1-8H3. The molecule has 5 aromatic rings. The van der Waals surface area contributed by atoms with Crippen LogP contribution in [0.4, 0.5) is 0 Å². The van der Waals surface area contributed by atoms with Crippen LogP contribution >= 0.6 is 0 Å². The minimum absolute atomic E-state index is 1.30. The van der Waals surface area contributed by atoms with E-state index in [2.05, 4.69) is 116 Å². The monoisotopic (exact) mass is 442 g/mol. The first-order chi connectivity index (χ1) is 16.2. The lowest BCUT2D eigenvalue weighted by atomic mass is 9.80. The Morgan fingerprint density at radius 3 is 0.941 bits per heavy atom. The summed E-state index contributed by atoms with van der Waals surface area (Å²) in [5.41, 5.74) is 16.1. The largest absolute Gasteiger partial charge is 0.0587 e. The molecular weight excluding hydrogens is 408 g/mol. The summed E-state index contributed by atoms with van der Waals surface area (Å²) in [6, 6.07) is 23.3. The van der Waals surface area contributed by atoms with E-state index in [-0.39, 0.29) is 0 Å². The van der Waals surface area contributed by atoms with E-state index in [1.807, 2.05) is 0 Å². The van der Waals surface area contributed by atoms with Gasteiger partial charge in [0.2, 0.25) is 0 Å². The number of hydrogen-bond donors (Lipinski definition) is 0. The van der Waals surface area contributed by atoms with E-state index in [4.69, 9.17) is 0 Å². The number of benzene rings is 5. The topological polar surface area (TPSA) is 0 Å². The highest BCUT2D eigenvalue weighted by Crippen LogP contribution is 2.47. The van der Waals surface area contributed by atoms with Gasteiger partial charge in [-0.05, 0) is 121 Å². The molecule has 0 radical (unpaired) electrons. The van der Waals surface area contributed by atoms with E-state index >= 15 is 0 Å². The minimum Gasteiger partial charge on any atom is -0.0587 e. The van der Waals surface area contributed by atoms with E-state index in [1.54, 1.807) is 0 Å². The van der Waals surface area contributed by atoms with Gasteiger partial charge in [0.15, 0.2) is 0 Å². The fraction of sp³-hybridized carbons (Fsp3) is 0.235. The highest BCUT2D eigenvalue weighted by Gasteiger charge is 2.21. The van der Waals surface area contributed by atoms with Crippen LogP contribution in [0, 0.1) is 55.4 Å². The van der Waals surface area contributed by atoms with E-state index < -0.39 is 0 Å². The maximum atomic E-state index is 2.39. The normalized spacial score (nSPS) is 11.5. The number of fused-ring (bicyclic) bond motifs is 2. The molecule has 0 aliphatic heterocycles. The van der Waals surface area contributed by atoms with Gasteiger partial charge in [0.1, 0.15) is 0 Å². The molecule has 0 fully saturated rings. The van der Waals surface area contributed by atoms with Gasteiger partial charge in [-0.25, -0.2) is 0 Å². The third-order valence-electron chi connectivity index (χ3n) is 7.28. The second-order valence-electron chi connectivity index (χ2n) is 10.4. The molecule has 0 heterocycles. The molecule has 0 aliphatic rings. The molecule has 0 aromatic heterocycles. The Balaban J connectivity index is 2.08. The predicted molar refractivity (Wildman–Crippen MR) is 150 cm³/mol. The zero-order valence-electron chi connectivity index (χ0n) is 21.8. The predicted octanol–water partition coefficient (Wildman–Crippen LogP) is 9.79. The molecule has 0 heteroatoms. The van der Waals surface area contributed by atoms with Gasteiger partial charge in [0, 0.05) is 0 Å². The summed E-state index contributed by atoms with van der Waals surface area (Å²) in [5, 5.41) is 5.38. The molecule has 0 saturated heterocycles. The molecule has 5 aromatic carbocycles. The van der Waals surface area contributed by atoms with Crippen LogP contribution in [0.3, 0.4) is 0 Å². The van der Waals surface area contributed by atoms with E-state index in [1.165, 1.54) is 88.3 Å². The zero-order chi connectivity index (χ0) is 24.3. The van der Waals surface area contributed by atoms with Gasteiger partial charge < -0.3 is 0 Å². The molecule has 0 bridgehead atoms. The van der Waals surface area contributed by atoms with Gasteiger partial charge in [-0.1, -0.05) is 82.9 Å². The highest BCUT2D eigenvalue weighted by atomic mass is 14.2. The Hall–Kier alpha value is -3.38. The van der Waals surface area contributed by atoms with Crippen molar-refractivity contribution in [2.75, 3.05) is 0 Å². The Labute approximate surface area is 204 Å². The Kier molecular flexibility index (Phi) is 5.36. The fourth-order valence-electron chi connectivity index (χ4n) is 6.14. The van der Waals surface area contributed by atoms with Crippen molar-refractivity contribution in [3.8, 4) is 22.3 Å². The maximum absolute atomic E-state index is 2.39. The summed E-state index contributed by atoms with van der Waals surface area (Å²) < 4.78 is 0. The van der Waals surface area contributed by atoms with Crippen molar-refractivity contribution in [2.24, 2.45) is 0 Å². The van der Waals surface area contributed by atoms with Crippen LogP contribution in [0.25, 0.3) is 43.8 Å². The van der Waals surface area contributed by atoms with Crippen molar-refractivity contribution in [3.63, 3.8) is 0 Å². The maximum Gasteiger partial charge on any atom is -0.00209 e. The smallest absolute Gasteiger partial charge is 0.00209 e. The lowest BCUT2D eigenvalue weighted by Crippen LogP contribution is -1.98. The number of aryl methyl sites for hydroxylation is 8. The van der Waals surface area contributed by atoms with Crippen molar-refractivity contribution in [1.29, 1.82) is 0 Å². The molecule has 34 heavy (non-hydrogen) atoms. The third-order valence-corrected chi connectivity index (χ3v) is 7.28. The van der Waals surface area contributed by atoms with Gasteiger partial charge in [0.05, 0.1) is 0 Å². The van der Waals surface area contributed by atoms with Gasteiger partial charge in [-0.2, -0.15) is 0 Å². The summed E-state index contributed by atoms with van der Waals surface area (Å²) in [5.74, 6) is 0. The summed E-state index contributed by atoms with van der Waals surface area (Å²) in [4.78, 5) is 0. The zero-order valence-corrected chi connectivity index (χ0v) is 21.8. The molecular formula is C34H34. The van der Waals surface area contributed by atoms with Crippen molar-refractivity contribution in [1.82, 2.24) is 0 Å². The number of hydrogen-bond acceptors (Lipinski definition) is 0. The van der Waals surface area contributed by atoms with Crippen molar-refractivity contribution in [3.05, 3.63) is 105 Å². The molecule has 0 amide bonds. The lowest BCUT2D eigenvalue weighted by Gasteiger charge is -2.23. The first kappa shape index (κ1) is 22.4. The second kappa shape index (κ2) is 8.13. The average molecular weight is 443 g/mol. The van der Waals surface area contributed by atoms with E-state index in [0.717, 1.165) is 0 Å². The molecule has 0 atom stereocenters. The van der Waals surface area contributed by atoms with Crippen molar-refractivity contribution >= 4 is 21.5 Å². The highest BCUT2D eigenvalue weighted by molar-refractivity contribution is 6.22. The Morgan fingerprint density at radius 1 is 0.294 bits per heavy atom. The van der Waals surface area contributed by atoms with Crippen LogP contribution in [-0.2, 0) is 0 Å². The quantitative estimate of drug-likeness (QED) is 0.239. The van der Waals surface area contributed by atoms with E-state index in [0.29, 0.717) is 0 Å². The summed E-state index contributed by atoms with van der Waals surface area (Å²) in [6.07, 6.45) is 0.